The lowest BCUT2D eigenvalue weighted by atomic mass is 10.1. The number of hydrogen-bond acceptors (Lipinski definition) is 2. The molecule has 30 heavy (non-hydrogen) atoms. The SMILES string of the molecule is CC(C)(C)[Si](Oc1ccc2c(c1)[C@H](N=[N+]=[N-])CC2)(c1ccccc1)c1ccccc1. The van der Waals surface area contributed by atoms with Gasteiger partial charge >= 0.3 is 8.32 Å². The van der Waals surface area contributed by atoms with Crippen LogP contribution >= 0.6 is 0 Å². The summed E-state index contributed by atoms with van der Waals surface area (Å²) < 4.78 is 7.09. The molecule has 1 aliphatic rings. The van der Waals surface area contributed by atoms with Crippen molar-refractivity contribution < 1.29 is 4.43 Å². The largest absolute Gasteiger partial charge is 0.534 e. The Bertz CT molecular complexity index is 1030. The van der Waals surface area contributed by atoms with E-state index in [-0.39, 0.29) is 11.1 Å². The van der Waals surface area contributed by atoms with Gasteiger partial charge in [0.1, 0.15) is 5.75 Å². The average molecular weight is 414 g/mol. The fraction of sp³-hybridized carbons (Fsp3) is 0.280. The van der Waals surface area contributed by atoms with Gasteiger partial charge in [-0.15, -0.1) is 0 Å². The molecule has 3 aromatic carbocycles. The molecule has 4 rings (SSSR count). The van der Waals surface area contributed by atoms with Crippen LogP contribution in [0.4, 0.5) is 0 Å². The number of aryl methyl sites for hydroxylation is 1. The molecular weight excluding hydrogens is 386 g/mol. The second-order valence-electron chi connectivity index (χ2n) is 8.89. The maximum absolute atomic E-state index is 8.95. The third-order valence-corrected chi connectivity index (χ3v) is 11.0. The Morgan fingerprint density at radius 1 is 0.933 bits per heavy atom. The van der Waals surface area contributed by atoms with Crippen LogP contribution in [0.5, 0.6) is 5.75 Å². The normalized spacial score (nSPS) is 15.9. The summed E-state index contributed by atoms with van der Waals surface area (Å²) in [6.07, 6.45) is 1.81. The first-order valence-electron chi connectivity index (χ1n) is 10.4. The lowest BCUT2D eigenvalue weighted by Gasteiger charge is -2.43. The van der Waals surface area contributed by atoms with Crippen LogP contribution in [-0.2, 0) is 6.42 Å². The van der Waals surface area contributed by atoms with E-state index >= 15 is 0 Å². The topological polar surface area (TPSA) is 58.0 Å². The highest BCUT2D eigenvalue weighted by molar-refractivity contribution is 7.00. The Kier molecular flexibility index (Phi) is 5.42. The number of nitrogens with zero attached hydrogens (tertiary/aromatic N) is 3. The molecule has 1 aliphatic carbocycles. The lowest BCUT2D eigenvalue weighted by Crippen LogP contribution is -2.68. The number of rotatable bonds is 5. The Balaban J connectivity index is 1.88. The molecule has 5 heteroatoms. The van der Waals surface area contributed by atoms with E-state index in [2.05, 4.69) is 110 Å². The van der Waals surface area contributed by atoms with Crippen LogP contribution in [0.1, 0.15) is 44.4 Å². The van der Waals surface area contributed by atoms with Crippen LogP contribution in [0, 0.1) is 0 Å². The Labute approximate surface area is 179 Å². The second-order valence-corrected chi connectivity index (χ2v) is 13.1. The third-order valence-electron chi connectivity index (χ3n) is 6.04. The van der Waals surface area contributed by atoms with E-state index in [1.807, 2.05) is 0 Å². The van der Waals surface area contributed by atoms with Crippen molar-refractivity contribution in [2.45, 2.75) is 44.7 Å². The minimum absolute atomic E-state index is 0.0983. The fourth-order valence-electron chi connectivity index (χ4n) is 4.63. The molecule has 0 saturated heterocycles. The van der Waals surface area contributed by atoms with E-state index in [0.29, 0.717) is 0 Å². The standard InChI is InChI=1S/C25H27N3OSi/c1-25(2,3)30(21-10-6-4-7-11-21,22-12-8-5-9-13-22)29-20-16-14-19-15-17-24(27-28-26)23(19)18-20/h4-14,16,18,24H,15,17H2,1-3H3/t24-/m1/s1. The van der Waals surface area contributed by atoms with Crippen LogP contribution in [0.3, 0.4) is 0 Å². The third kappa shape index (κ3) is 3.51. The molecule has 0 fully saturated rings. The smallest absolute Gasteiger partial charge is 0.319 e. The summed E-state index contributed by atoms with van der Waals surface area (Å²) >= 11 is 0. The fourth-order valence-corrected chi connectivity index (χ4v) is 9.04. The Morgan fingerprint density at radius 2 is 1.53 bits per heavy atom. The van der Waals surface area contributed by atoms with Gasteiger partial charge in [-0.1, -0.05) is 92.6 Å². The first kappa shape index (κ1) is 20.3. The van der Waals surface area contributed by atoms with Gasteiger partial charge in [-0.2, -0.15) is 0 Å². The van der Waals surface area contributed by atoms with Gasteiger partial charge in [-0.3, -0.25) is 0 Å². The summed E-state index contributed by atoms with van der Waals surface area (Å²) in [7, 11) is -2.67. The van der Waals surface area contributed by atoms with Crippen LogP contribution in [0.2, 0.25) is 5.04 Å². The molecule has 0 spiro atoms. The number of benzene rings is 3. The van der Waals surface area contributed by atoms with E-state index < -0.39 is 8.32 Å². The molecule has 0 heterocycles. The number of fused-ring (bicyclic) bond motifs is 1. The highest BCUT2D eigenvalue weighted by Crippen LogP contribution is 2.40. The molecule has 3 aromatic rings. The summed E-state index contributed by atoms with van der Waals surface area (Å²) in [5.74, 6) is 0.850. The van der Waals surface area contributed by atoms with Gasteiger partial charge in [0.15, 0.2) is 0 Å². The highest BCUT2D eigenvalue weighted by Gasteiger charge is 2.52. The molecule has 152 valence electrons. The maximum Gasteiger partial charge on any atom is 0.319 e. The Hall–Kier alpha value is -3.01. The van der Waals surface area contributed by atoms with Gasteiger partial charge in [0.25, 0.3) is 0 Å². The van der Waals surface area contributed by atoms with E-state index in [4.69, 9.17) is 9.96 Å². The minimum atomic E-state index is -2.67. The Morgan fingerprint density at radius 3 is 2.07 bits per heavy atom. The molecule has 0 amide bonds. The van der Waals surface area contributed by atoms with Gasteiger partial charge in [-0.25, -0.2) is 0 Å². The zero-order valence-corrected chi connectivity index (χ0v) is 18.7. The van der Waals surface area contributed by atoms with Gasteiger partial charge in [-0.05, 0) is 57.0 Å². The molecule has 0 bridgehead atoms. The highest BCUT2D eigenvalue weighted by atomic mass is 28.4. The molecule has 0 saturated carbocycles. The van der Waals surface area contributed by atoms with Crippen molar-refractivity contribution in [2.75, 3.05) is 0 Å². The second kappa shape index (κ2) is 8.02. The summed E-state index contributed by atoms with van der Waals surface area (Å²) in [5, 5.41) is 6.40. The van der Waals surface area contributed by atoms with Crippen molar-refractivity contribution in [2.24, 2.45) is 5.11 Å². The van der Waals surface area contributed by atoms with Crippen LogP contribution < -0.4 is 14.8 Å². The van der Waals surface area contributed by atoms with Crippen molar-refractivity contribution >= 4 is 18.7 Å². The van der Waals surface area contributed by atoms with Gasteiger partial charge in [0.05, 0.1) is 6.04 Å². The van der Waals surface area contributed by atoms with E-state index in [0.717, 1.165) is 24.2 Å². The molecule has 1 atom stereocenters. The van der Waals surface area contributed by atoms with Crippen LogP contribution in [0.25, 0.3) is 10.4 Å². The summed E-state index contributed by atoms with van der Waals surface area (Å²) in [6.45, 7) is 6.82. The van der Waals surface area contributed by atoms with Crippen molar-refractivity contribution in [1.29, 1.82) is 0 Å². The quantitative estimate of drug-likeness (QED) is 0.221. The first-order chi connectivity index (χ1) is 14.5. The van der Waals surface area contributed by atoms with Crippen molar-refractivity contribution in [3.8, 4) is 5.75 Å². The summed E-state index contributed by atoms with van der Waals surface area (Å²) in [4.78, 5) is 3.05. The zero-order chi connectivity index (χ0) is 21.2. The predicted molar refractivity (Wildman–Crippen MR) is 125 cm³/mol. The molecule has 0 N–H and O–H groups in total. The number of hydrogen-bond donors (Lipinski definition) is 0. The van der Waals surface area contributed by atoms with Crippen LogP contribution in [-0.4, -0.2) is 8.32 Å². The first-order valence-corrected chi connectivity index (χ1v) is 12.3. The lowest BCUT2D eigenvalue weighted by molar-refractivity contribution is 0.507. The molecule has 0 aromatic heterocycles. The molecule has 0 unspecified atom stereocenters. The van der Waals surface area contributed by atoms with Crippen molar-refractivity contribution in [1.82, 2.24) is 0 Å². The van der Waals surface area contributed by atoms with E-state index in [1.54, 1.807) is 0 Å². The zero-order valence-electron chi connectivity index (χ0n) is 17.7. The molecule has 0 radical (unpaired) electrons. The number of azide groups is 1. The van der Waals surface area contributed by atoms with Crippen molar-refractivity contribution in [3.05, 3.63) is 100 Å². The monoisotopic (exact) mass is 413 g/mol. The molecule has 0 aliphatic heterocycles. The van der Waals surface area contributed by atoms with Gasteiger partial charge in [0, 0.05) is 4.91 Å². The maximum atomic E-state index is 8.95. The van der Waals surface area contributed by atoms with Gasteiger partial charge in [0.2, 0.25) is 0 Å². The predicted octanol–water partition coefficient (Wildman–Crippen LogP) is 5.92. The van der Waals surface area contributed by atoms with Crippen LogP contribution in [0.15, 0.2) is 84.0 Å². The van der Waals surface area contributed by atoms with Gasteiger partial charge < -0.3 is 4.43 Å². The average Bonchev–Trinajstić information content (AvgIpc) is 3.15. The van der Waals surface area contributed by atoms with E-state index in [9.17, 15) is 0 Å². The molecular formula is C25H27N3OSi. The molecule has 4 nitrogen and oxygen atoms in total. The summed E-state index contributed by atoms with van der Waals surface area (Å²) in [5.41, 5.74) is 11.3. The van der Waals surface area contributed by atoms with Crippen molar-refractivity contribution in [3.63, 3.8) is 0 Å². The minimum Gasteiger partial charge on any atom is -0.534 e. The summed E-state index contributed by atoms with van der Waals surface area (Å²) in [6, 6.07) is 27.5. The van der Waals surface area contributed by atoms with E-state index in [1.165, 1.54) is 15.9 Å².